The van der Waals surface area contributed by atoms with Gasteiger partial charge in [0.05, 0.1) is 17.8 Å². The number of ether oxygens (including phenoxy) is 3. The van der Waals surface area contributed by atoms with E-state index in [-0.39, 0.29) is 12.5 Å². The second kappa shape index (κ2) is 10.1. The molecule has 0 aromatic heterocycles. The van der Waals surface area contributed by atoms with Crippen molar-refractivity contribution < 1.29 is 39.1 Å². The third-order valence-electron chi connectivity index (χ3n) is 6.87. The standard InChI is InChI=1S/C25H38O8/c1-9-13(3)22(28)31-17(12-18(26)24(6,7)30)15(5)16-11-19-25(8,33-19)21(20(16)27)32-23(29)14(4)10-2/h9-10,16-21,26-27,30H,5,11-12H2,1-4,6-8H3/t16-,17-,18-,19-,20+,21+,25-/m0/s1. The Balaban J connectivity index is 2.30. The average Bonchev–Trinajstić information content (AvgIpc) is 3.43. The van der Waals surface area contributed by atoms with Gasteiger partial charge in [-0.2, -0.15) is 0 Å². The van der Waals surface area contributed by atoms with Crippen LogP contribution in [0.3, 0.4) is 0 Å². The lowest BCUT2D eigenvalue weighted by molar-refractivity contribution is -0.160. The number of carbonyl (C=O) groups excluding carboxylic acids is 2. The predicted octanol–water partition coefficient (Wildman–Crippen LogP) is 2.36. The normalized spacial score (nSPS) is 31.8. The summed E-state index contributed by atoms with van der Waals surface area (Å²) in [6.07, 6.45) is -1.05. The van der Waals surface area contributed by atoms with Crippen LogP contribution in [-0.2, 0) is 23.8 Å². The lowest BCUT2D eigenvalue weighted by atomic mass is 9.73. The number of allylic oxidation sites excluding steroid dienone is 2. The van der Waals surface area contributed by atoms with Gasteiger partial charge >= 0.3 is 11.9 Å². The van der Waals surface area contributed by atoms with E-state index in [0.29, 0.717) is 23.1 Å². The molecular formula is C25H38O8. The Morgan fingerprint density at radius 2 is 1.76 bits per heavy atom. The summed E-state index contributed by atoms with van der Waals surface area (Å²) in [5.41, 5.74) is -1.09. The maximum Gasteiger partial charge on any atom is 0.333 e. The summed E-state index contributed by atoms with van der Waals surface area (Å²) in [6.45, 7) is 15.4. The van der Waals surface area contributed by atoms with Crippen molar-refractivity contribution in [1.82, 2.24) is 0 Å². The smallest absolute Gasteiger partial charge is 0.333 e. The lowest BCUT2D eigenvalue weighted by Gasteiger charge is -2.39. The molecule has 2 rings (SSSR count). The van der Waals surface area contributed by atoms with Gasteiger partial charge in [0.25, 0.3) is 0 Å². The van der Waals surface area contributed by atoms with Gasteiger partial charge in [-0.05, 0) is 60.5 Å². The monoisotopic (exact) mass is 466 g/mol. The molecule has 7 atom stereocenters. The quantitative estimate of drug-likeness (QED) is 0.205. The van der Waals surface area contributed by atoms with Crippen LogP contribution in [0.1, 0.15) is 61.3 Å². The minimum Gasteiger partial charge on any atom is -0.454 e. The van der Waals surface area contributed by atoms with E-state index in [1.807, 2.05) is 0 Å². The molecule has 2 fully saturated rings. The highest BCUT2D eigenvalue weighted by molar-refractivity contribution is 5.88. The van der Waals surface area contributed by atoms with Crippen molar-refractivity contribution in [2.24, 2.45) is 5.92 Å². The van der Waals surface area contributed by atoms with Crippen LogP contribution in [0.25, 0.3) is 0 Å². The van der Waals surface area contributed by atoms with Crippen molar-refractivity contribution in [2.45, 2.75) is 103 Å². The van der Waals surface area contributed by atoms with Crippen LogP contribution in [0.15, 0.2) is 35.5 Å². The number of esters is 2. The number of fused-ring (bicyclic) bond motifs is 1. The van der Waals surface area contributed by atoms with Crippen LogP contribution in [0.5, 0.6) is 0 Å². The molecule has 0 unspecified atom stereocenters. The zero-order valence-electron chi connectivity index (χ0n) is 20.6. The van der Waals surface area contributed by atoms with Gasteiger partial charge in [-0.15, -0.1) is 0 Å². The molecule has 33 heavy (non-hydrogen) atoms. The van der Waals surface area contributed by atoms with Crippen molar-refractivity contribution in [3.05, 3.63) is 35.5 Å². The number of aliphatic hydroxyl groups excluding tert-OH is 2. The van der Waals surface area contributed by atoms with Crippen molar-refractivity contribution >= 4 is 11.9 Å². The van der Waals surface area contributed by atoms with Gasteiger partial charge in [-0.3, -0.25) is 0 Å². The zero-order valence-corrected chi connectivity index (χ0v) is 20.6. The van der Waals surface area contributed by atoms with E-state index in [9.17, 15) is 24.9 Å². The third-order valence-corrected chi connectivity index (χ3v) is 6.87. The Hall–Kier alpha value is -2.00. The number of carbonyl (C=O) groups is 2. The molecule has 1 heterocycles. The first kappa shape index (κ1) is 27.2. The van der Waals surface area contributed by atoms with Crippen LogP contribution in [0.4, 0.5) is 0 Å². The molecule has 0 radical (unpaired) electrons. The van der Waals surface area contributed by atoms with E-state index < -0.39 is 53.5 Å². The van der Waals surface area contributed by atoms with Crippen molar-refractivity contribution in [2.75, 3.05) is 0 Å². The second-order valence-corrected chi connectivity index (χ2v) is 9.77. The molecule has 0 aromatic carbocycles. The average molecular weight is 467 g/mol. The maximum absolute atomic E-state index is 12.5. The molecule has 0 spiro atoms. The van der Waals surface area contributed by atoms with E-state index in [2.05, 4.69) is 6.58 Å². The van der Waals surface area contributed by atoms with Crippen LogP contribution in [-0.4, -0.2) is 69.0 Å². The van der Waals surface area contributed by atoms with Gasteiger partial charge in [-0.1, -0.05) is 18.7 Å². The number of epoxide rings is 1. The molecule has 0 bridgehead atoms. The van der Waals surface area contributed by atoms with Crippen molar-refractivity contribution in [1.29, 1.82) is 0 Å². The van der Waals surface area contributed by atoms with Gasteiger partial charge in [0.1, 0.15) is 17.8 Å². The molecule has 1 aliphatic heterocycles. The molecule has 0 aromatic rings. The first-order valence-corrected chi connectivity index (χ1v) is 11.3. The first-order chi connectivity index (χ1) is 15.2. The number of hydrogen-bond donors (Lipinski definition) is 3. The summed E-state index contributed by atoms with van der Waals surface area (Å²) < 4.78 is 17.0. The fourth-order valence-electron chi connectivity index (χ4n) is 3.95. The summed E-state index contributed by atoms with van der Waals surface area (Å²) in [5, 5.41) is 31.9. The van der Waals surface area contributed by atoms with Crippen LogP contribution in [0.2, 0.25) is 0 Å². The molecule has 186 valence electrons. The fraction of sp³-hybridized carbons (Fsp3) is 0.680. The maximum atomic E-state index is 12.5. The molecule has 1 aliphatic carbocycles. The molecule has 1 saturated heterocycles. The van der Waals surface area contributed by atoms with E-state index in [4.69, 9.17) is 14.2 Å². The highest BCUT2D eigenvalue weighted by Gasteiger charge is 2.67. The largest absolute Gasteiger partial charge is 0.454 e. The summed E-state index contributed by atoms with van der Waals surface area (Å²) in [6, 6.07) is 0. The van der Waals surface area contributed by atoms with E-state index in [1.54, 1.807) is 46.8 Å². The van der Waals surface area contributed by atoms with Crippen LogP contribution in [0, 0.1) is 5.92 Å². The van der Waals surface area contributed by atoms with E-state index in [0.717, 1.165) is 0 Å². The van der Waals surface area contributed by atoms with E-state index >= 15 is 0 Å². The van der Waals surface area contributed by atoms with Gasteiger partial charge in [0.2, 0.25) is 0 Å². The number of rotatable bonds is 9. The minimum atomic E-state index is -1.44. The molecule has 0 amide bonds. The molecule has 1 saturated carbocycles. The molecule has 2 aliphatic rings. The first-order valence-electron chi connectivity index (χ1n) is 11.3. The Bertz CT molecular complexity index is 836. The summed E-state index contributed by atoms with van der Waals surface area (Å²) >= 11 is 0. The number of hydrogen-bond acceptors (Lipinski definition) is 8. The summed E-state index contributed by atoms with van der Waals surface area (Å²) in [5.74, 6) is -1.75. The molecular weight excluding hydrogens is 428 g/mol. The summed E-state index contributed by atoms with van der Waals surface area (Å²) in [4.78, 5) is 24.9. The van der Waals surface area contributed by atoms with Crippen molar-refractivity contribution in [3.8, 4) is 0 Å². The highest BCUT2D eigenvalue weighted by atomic mass is 16.7. The highest BCUT2D eigenvalue weighted by Crippen LogP contribution is 2.52. The molecule has 8 nitrogen and oxygen atoms in total. The minimum absolute atomic E-state index is 0.112. The van der Waals surface area contributed by atoms with Gasteiger partial charge in [0.15, 0.2) is 6.10 Å². The Morgan fingerprint density at radius 3 is 2.27 bits per heavy atom. The Morgan fingerprint density at radius 1 is 1.21 bits per heavy atom. The fourth-order valence-corrected chi connectivity index (χ4v) is 3.95. The molecule has 8 heteroatoms. The van der Waals surface area contributed by atoms with Crippen LogP contribution >= 0.6 is 0 Å². The van der Waals surface area contributed by atoms with E-state index in [1.165, 1.54) is 13.8 Å². The second-order valence-electron chi connectivity index (χ2n) is 9.77. The van der Waals surface area contributed by atoms with Crippen LogP contribution < -0.4 is 0 Å². The topological polar surface area (TPSA) is 126 Å². The van der Waals surface area contributed by atoms with Crippen molar-refractivity contribution in [3.63, 3.8) is 0 Å². The predicted molar refractivity (Wildman–Crippen MR) is 122 cm³/mol. The number of aliphatic hydroxyl groups is 3. The zero-order chi connectivity index (χ0) is 25.3. The lowest BCUT2D eigenvalue weighted by Crippen LogP contribution is -2.52. The van der Waals surface area contributed by atoms with Gasteiger partial charge in [0, 0.05) is 23.5 Å². The molecule has 3 N–H and O–H groups in total. The Labute approximate surface area is 195 Å². The SMILES string of the molecule is C=C([C@H](C[C@H](O)C(C)(C)O)OC(=O)C(C)=CC)[C@@H]1C[C@@H]2O[C@]2(C)[C@H](OC(=O)C(C)=CC)[C@@H]1O. The van der Waals surface area contributed by atoms with Gasteiger partial charge < -0.3 is 29.5 Å². The Kier molecular flexibility index (Phi) is 8.33. The third kappa shape index (κ3) is 5.93. The van der Waals surface area contributed by atoms with Gasteiger partial charge in [-0.25, -0.2) is 9.59 Å². The summed E-state index contributed by atoms with van der Waals surface area (Å²) in [7, 11) is 0.